The lowest BCUT2D eigenvalue weighted by Crippen LogP contribution is -2.33. The van der Waals surface area contributed by atoms with Crippen molar-refractivity contribution in [2.45, 2.75) is 38.4 Å². The van der Waals surface area contributed by atoms with Crippen molar-refractivity contribution in [3.05, 3.63) is 71.1 Å². The van der Waals surface area contributed by atoms with Gasteiger partial charge >= 0.3 is 12.2 Å². The Labute approximate surface area is 207 Å². The van der Waals surface area contributed by atoms with Gasteiger partial charge in [-0.3, -0.25) is 0 Å². The van der Waals surface area contributed by atoms with Crippen LogP contribution < -0.4 is 10.6 Å². The highest BCUT2D eigenvalue weighted by molar-refractivity contribution is 5.91. The van der Waals surface area contributed by atoms with Crippen molar-refractivity contribution in [1.29, 1.82) is 0 Å². The average molecular weight is 517 g/mol. The highest BCUT2D eigenvalue weighted by atomic mass is 19.4. The van der Waals surface area contributed by atoms with E-state index in [0.717, 1.165) is 6.07 Å². The molecule has 1 aliphatic rings. The first-order valence-corrected chi connectivity index (χ1v) is 11.4. The molecule has 0 fully saturated rings. The molecule has 37 heavy (non-hydrogen) atoms. The van der Waals surface area contributed by atoms with E-state index < -0.39 is 41.3 Å². The van der Waals surface area contributed by atoms with E-state index in [2.05, 4.69) is 30.6 Å². The van der Waals surface area contributed by atoms with Crippen LogP contribution in [0, 0.1) is 17.7 Å². The molecule has 0 spiro atoms. The van der Waals surface area contributed by atoms with Gasteiger partial charge in [0.2, 0.25) is 5.95 Å². The second-order valence-electron chi connectivity index (χ2n) is 9.05. The van der Waals surface area contributed by atoms with Gasteiger partial charge in [0.05, 0.1) is 17.3 Å². The number of benzene rings is 2. The van der Waals surface area contributed by atoms with Crippen LogP contribution >= 0.6 is 0 Å². The number of nitrogens with one attached hydrogen (secondary N) is 2. The van der Waals surface area contributed by atoms with Crippen molar-refractivity contribution >= 4 is 22.8 Å². The van der Waals surface area contributed by atoms with Crippen molar-refractivity contribution in [1.82, 2.24) is 20.6 Å². The number of fused-ring (bicyclic) bond motifs is 2. The highest BCUT2D eigenvalue weighted by Crippen LogP contribution is 2.40. The third-order valence-corrected chi connectivity index (χ3v) is 6.45. The predicted molar refractivity (Wildman–Crippen MR) is 123 cm³/mol. The fourth-order valence-electron chi connectivity index (χ4n) is 4.63. The van der Waals surface area contributed by atoms with Crippen LogP contribution in [0.2, 0.25) is 0 Å². The van der Waals surface area contributed by atoms with E-state index in [4.69, 9.17) is 0 Å². The second kappa shape index (κ2) is 9.41. The van der Waals surface area contributed by atoms with Gasteiger partial charge in [-0.1, -0.05) is 13.0 Å². The second-order valence-corrected chi connectivity index (χ2v) is 9.05. The zero-order valence-electron chi connectivity index (χ0n) is 19.4. The van der Waals surface area contributed by atoms with E-state index in [1.54, 1.807) is 6.07 Å². The average Bonchev–Trinajstić information content (AvgIpc) is 3.25. The summed E-state index contributed by atoms with van der Waals surface area (Å²) in [5.41, 5.74) is -0.450. The monoisotopic (exact) mass is 517 g/mol. The Balaban J connectivity index is 1.46. The summed E-state index contributed by atoms with van der Waals surface area (Å²) in [7, 11) is 0. The fourth-order valence-corrected chi connectivity index (χ4v) is 4.63. The number of hydrogen-bond donors (Lipinski definition) is 2. The van der Waals surface area contributed by atoms with E-state index in [9.17, 15) is 26.7 Å². The van der Waals surface area contributed by atoms with Crippen LogP contribution in [0.4, 0.5) is 32.4 Å². The minimum atomic E-state index is -4.87. The summed E-state index contributed by atoms with van der Waals surface area (Å²) in [6, 6.07) is 5.55. The van der Waals surface area contributed by atoms with E-state index >= 15 is 0 Å². The maximum Gasteiger partial charge on any atom is 0.417 e. The Morgan fingerprint density at radius 1 is 1.05 bits per heavy atom. The quantitative estimate of drug-likeness (QED) is 0.186. The summed E-state index contributed by atoms with van der Waals surface area (Å²) in [5.74, 6) is -1.73. The van der Waals surface area contributed by atoms with Gasteiger partial charge < -0.3 is 10.6 Å². The van der Waals surface area contributed by atoms with Gasteiger partial charge in [0, 0.05) is 11.8 Å². The zero-order chi connectivity index (χ0) is 26.3. The number of amides is 2. The first-order valence-electron chi connectivity index (χ1n) is 11.4. The van der Waals surface area contributed by atoms with E-state index in [1.807, 2.05) is 6.92 Å². The molecule has 0 radical (unpaired) electrons. The van der Waals surface area contributed by atoms with Crippen LogP contribution in [-0.2, 0) is 12.6 Å². The number of carbonyl (C=O) groups is 1. The minimum Gasteiger partial charge on any atom is -0.331 e. The Hall–Kier alpha value is -4.09. The first-order chi connectivity index (χ1) is 17.6. The number of halogens is 5. The van der Waals surface area contributed by atoms with Crippen LogP contribution in [0.15, 0.2) is 47.2 Å². The summed E-state index contributed by atoms with van der Waals surface area (Å²) in [5, 5.41) is 12.3. The van der Waals surface area contributed by atoms with Gasteiger partial charge in [-0.25, -0.2) is 18.8 Å². The van der Waals surface area contributed by atoms with Gasteiger partial charge in [0.15, 0.2) is 0 Å². The largest absolute Gasteiger partial charge is 0.417 e. The SMILES string of the molecule is C[C@H]1CC[C@@H](NC(=O)Nc2cc(-c3ccc4nonc4c3)c(C(F)(F)F)cc2F)c2ccnc(F)c2C1. The lowest BCUT2D eigenvalue weighted by atomic mass is 9.97. The van der Waals surface area contributed by atoms with Crippen molar-refractivity contribution < 1.29 is 31.4 Å². The molecule has 0 saturated heterocycles. The molecule has 5 rings (SSSR count). The standard InChI is InChI=1S/C25H20F5N5O2/c1-12-2-4-19(14-6-7-31-23(27)16(14)8-12)32-24(36)33-21-10-15(17(11-18(21)26)25(28,29)30)13-3-5-20-22(9-13)35-37-34-20/h3,5-7,9-12,19H,2,4,8H2,1H3,(H2,32,33,36)/t12-,19+/m0/s1. The number of carbonyl (C=O) groups excluding carboxylic acids is 1. The molecular formula is C25H20F5N5O2. The van der Waals surface area contributed by atoms with Crippen LogP contribution in [0.25, 0.3) is 22.2 Å². The van der Waals surface area contributed by atoms with Crippen LogP contribution in [0.1, 0.15) is 42.5 Å². The Morgan fingerprint density at radius 3 is 2.62 bits per heavy atom. The maximum absolute atomic E-state index is 14.8. The number of aromatic nitrogens is 3. The number of urea groups is 1. The number of pyridine rings is 1. The third kappa shape index (κ3) is 4.95. The smallest absolute Gasteiger partial charge is 0.331 e. The lowest BCUT2D eigenvalue weighted by molar-refractivity contribution is -0.137. The van der Waals surface area contributed by atoms with Gasteiger partial charge in [-0.2, -0.15) is 17.6 Å². The number of alkyl halides is 3. The molecule has 0 bridgehead atoms. The van der Waals surface area contributed by atoms with Gasteiger partial charge in [0.1, 0.15) is 16.9 Å². The van der Waals surface area contributed by atoms with Gasteiger partial charge in [-0.05, 0) is 82.5 Å². The Kier molecular flexibility index (Phi) is 6.26. The minimum absolute atomic E-state index is 0.0774. The predicted octanol–water partition coefficient (Wildman–Crippen LogP) is 6.42. The fraction of sp³-hybridized carbons (Fsp3) is 0.280. The molecule has 2 amide bonds. The van der Waals surface area contributed by atoms with Crippen molar-refractivity contribution in [2.75, 3.05) is 5.32 Å². The van der Waals surface area contributed by atoms with E-state index in [1.165, 1.54) is 24.4 Å². The van der Waals surface area contributed by atoms with Crippen molar-refractivity contribution in [3.63, 3.8) is 0 Å². The van der Waals surface area contributed by atoms with E-state index in [0.29, 0.717) is 42.0 Å². The molecule has 2 atom stereocenters. The van der Waals surface area contributed by atoms with Gasteiger partial charge in [-0.15, -0.1) is 0 Å². The molecule has 1 aliphatic carbocycles. The Morgan fingerprint density at radius 2 is 1.84 bits per heavy atom. The zero-order valence-corrected chi connectivity index (χ0v) is 19.4. The molecule has 2 N–H and O–H groups in total. The summed E-state index contributed by atoms with van der Waals surface area (Å²) in [4.78, 5) is 16.5. The lowest BCUT2D eigenvalue weighted by Gasteiger charge is -2.21. The summed E-state index contributed by atoms with van der Waals surface area (Å²) >= 11 is 0. The maximum atomic E-state index is 14.8. The van der Waals surface area contributed by atoms with Crippen molar-refractivity contribution in [3.8, 4) is 11.1 Å². The van der Waals surface area contributed by atoms with E-state index in [-0.39, 0.29) is 22.6 Å². The number of hydrogen-bond acceptors (Lipinski definition) is 5. The summed E-state index contributed by atoms with van der Waals surface area (Å²) in [6.45, 7) is 1.96. The summed E-state index contributed by atoms with van der Waals surface area (Å²) < 4.78 is 75.0. The molecular weight excluding hydrogens is 497 g/mol. The normalized spacial score (nSPS) is 17.8. The molecule has 0 aliphatic heterocycles. The molecule has 0 unspecified atom stereocenters. The Bertz CT molecular complexity index is 1490. The molecule has 2 aromatic heterocycles. The molecule has 4 aromatic rings. The van der Waals surface area contributed by atoms with Crippen LogP contribution in [0.3, 0.4) is 0 Å². The molecule has 192 valence electrons. The molecule has 0 saturated carbocycles. The van der Waals surface area contributed by atoms with Crippen LogP contribution in [-0.4, -0.2) is 21.3 Å². The van der Waals surface area contributed by atoms with Gasteiger partial charge in [0.25, 0.3) is 0 Å². The molecule has 12 heteroatoms. The topological polar surface area (TPSA) is 92.9 Å². The number of nitrogens with zero attached hydrogens (tertiary/aromatic N) is 3. The molecule has 2 aromatic carbocycles. The third-order valence-electron chi connectivity index (χ3n) is 6.45. The number of rotatable bonds is 3. The van der Waals surface area contributed by atoms with Crippen LogP contribution in [0.5, 0.6) is 0 Å². The molecule has 7 nitrogen and oxygen atoms in total. The van der Waals surface area contributed by atoms with Crippen molar-refractivity contribution in [2.24, 2.45) is 5.92 Å². The first kappa shape index (κ1) is 24.6. The summed E-state index contributed by atoms with van der Waals surface area (Å²) in [6.07, 6.45) is -1.92. The molecule has 2 heterocycles. The highest BCUT2D eigenvalue weighted by Gasteiger charge is 2.35. The number of anilines is 1.